The third-order valence-corrected chi connectivity index (χ3v) is 3.23. The maximum atomic E-state index is 12.0. The first-order chi connectivity index (χ1) is 10.2. The number of aromatic nitrogens is 3. The quantitative estimate of drug-likeness (QED) is 0.790. The Kier molecular flexibility index (Phi) is 3.75. The molecule has 0 aromatic carbocycles. The van der Waals surface area contributed by atoms with Gasteiger partial charge in [0.1, 0.15) is 5.65 Å². The summed E-state index contributed by atoms with van der Waals surface area (Å²) in [5.74, 6) is 0. The lowest BCUT2D eigenvalue weighted by atomic mass is 10.2. The van der Waals surface area contributed by atoms with Crippen molar-refractivity contribution in [3.63, 3.8) is 0 Å². The zero-order chi connectivity index (χ0) is 14.7. The van der Waals surface area contributed by atoms with Gasteiger partial charge in [-0.05, 0) is 30.7 Å². The predicted octanol–water partition coefficient (Wildman–Crippen LogP) is 1.69. The molecular weight excluding hydrogens is 264 g/mol. The van der Waals surface area contributed by atoms with Crippen molar-refractivity contribution in [3.8, 4) is 0 Å². The summed E-state index contributed by atoms with van der Waals surface area (Å²) in [6.07, 6.45) is 3.57. The standard InChI is InChI=1S/C16H16N4O/c1-12-5-6-13(10-18-12)9-17-11-14-8-16(21)20-7-3-2-4-15(20)19-14/h2-8,10,17H,9,11H2,1H3. The summed E-state index contributed by atoms with van der Waals surface area (Å²) in [4.78, 5) is 20.7. The Bertz CT molecular complexity index is 808. The lowest BCUT2D eigenvalue weighted by molar-refractivity contribution is 0.676. The van der Waals surface area contributed by atoms with Crippen LogP contribution in [0.1, 0.15) is 17.0 Å². The van der Waals surface area contributed by atoms with E-state index in [1.165, 1.54) is 4.40 Å². The minimum atomic E-state index is -0.0607. The van der Waals surface area contributed by atoms with E-state index in [1.54, 1.807) is 12.3 Å². The van der Waals surface area contributed by atoms with E-state index in [1.807, 2.05) is 43.5 Å². The van der Waals surface area contributed by atoms with Gasteiger partial charge in [0.15, 0.2) is 0 Å². The predicted molar refractivity (Wildman–Crippen MR) is 81.0 cm³/mol. The summed E-state index contributed by atoms with van der Waals surface area (Å²) in [7, 11) is 0. The number of rotatable bonds is 4. The fraction of sp³-hybridized carbons (Fsp3) is 0.188. The highest BCUT2D eigenvalue weighted by atomic mass is 16.1. The van der Waals surface area contributed by atoms with Crippen LogP contribution in [0.15, 0.2) is 53.6 Å². The molecule has 0 aliphatic heterocycles. The topological polar surface area (TPSA) is 59.3 Å². The zero-order valence-electron chi connectivity index (χ0n) is 11.8. The van der Waals surface area contributed by atoms with Crippen LogP contribution in [-0.4, -0.2) is 14.4 Å². The van der Waals surface area contributed by atoms with Gasteiger partial charge in [0.25, 0.3) is 5.56 Å². The van der Waals surface area contributed by atoms with E-state index in [4.69, 9.17) is 0 Å². The molecular formula is C16H16N4O. The van der Waals surface area contributed by atoms with Crippen molar-refractivity contribution in [1.29, 1.82) is 0 Å². The van der Waals surface area contributed by atoms with Crippen LogP contribution in [0.25, 0.3) is 5.65 Å². The van der Waals surface area contributed by atoms with Crippen LogP contribution in [0.2, 0.25) is 0 Å². The number of nitrogens with one attached hydrogen (secondary N) is 1. The van der Waals surface area contributed by atoms with Crippen LogP contribution in [0.5, 0.6) is 0 Å². The SMILES string of the molecule is Cc1ccc(CNCc2cc(=O)n3ccccc3n2)cn1. The molecule has 0 spiro atoms. The summed E-state index contributed by atoms with van der Waals surface area (Å²) < 4.78 is 1.54. The molecule has 0 amide bonds. The number of fused-ring (bicyclic) bond motifs is 1. The molecule has 0 atom stereocenters. The Morgan fingerprint density at radius 1 is 1.19 bits per heavy atom. The molecule has 5 nitrogen and oxygen atoms in total. The van der Waals surface area contributed by atoms with E-state index in [0.29, 0.717) is 18.7 Å². The normalized spacial score (nSPS) is 10.9. The van der Waals surface area contributed by atoms with Crippen molar-refractivity contribution in [2.75, 3.05) is 0 Å². The summed E-state index contributed by atoms with van der Waals surface area (Å²) >= 11 is 0. The molecule has 3 heterocycles. The fourth-order valence-corrected chi connectivity index (χ4v) is 2.13. The summed E-state index contributed by atoms with van der Waals surface area (Å²) in [6, 6.07) is 11.1. The maximum absolute atomic E-state index is 12.0. The van der Waals surface area contributed by atoms with Gasteiger partial charge in [-0.25, -0.2) is 4.98 Å². The average Bonchev–Trinajstić information content (AvgIpc) is 2.49. The molecule has 3 rings (SSSR count). The van der Waals surface area contributed by atoms with Gasteiger partial charge in [-0.1, -0.05) is 12.1 Å². The molecule has 0 unspecified atom stereocenters. The van der Waals surface area contributed by atoms with Crippen LogP contribution in [0, 0.1) is 6.92 Å². The molecule has 3 aromatic rings. The van der Waals surface area contributed by atoms with Crippen molar-refractivity contribution >= 4 is 5.65 Å². The van der Waals surface area contributed by atoms with Crippen LogP contribution in [0.3, 0.4) is 0 Å². The molecule has 0 bridgehead atoms. The molecule has 3 aromatic heterocycles. The van der Waals surface area contributed by atoms with Crippen LogP contribution < -0.4 is 10.9 Å². The molecule has 5 heteroatoms. The minimum absolute atomic E-state index is 0.0607. The highest BCUT2D eigenvalue weighted by molar-refractivity contribution is 5.37. The monoisotopic (exact) mass is 280 g/mol. The van der Waals surface area contributed by atoms with Crippen molar-refractivity contribution < 1.29 is 0 Å². The van der Waals surface area contributed by atoms with E-state index in [9.17, 15) is 4.79 Å². The van der Waals surface area contributed by atoms with Gasteiger partial charge in [-0.3, -0.25) is 14.2 Å². The van der Waals surface area contributed by atoms with E-state index in [-0.39, 0.29) is 5.56 Å². The number of nitrogens with zero attached hydrogens (tertiary/aromatic N) is 3. The van der Waals surface area contributed by atoms with Gasteiger partial charge in [0.2, 0.25) is 0 Å². The molecule has 0 aliphatic rings. The lowest BCUT2D eigenvalue weighted by Gasteiger charge is -2.06. The Balaban J connectivity index is 1.70. The van der Waals surface area contributed by atoms with E-state index in [2.05, 4.69) is 15.3 Å². The van der Waals surface area contributed by atoms with Gasteiger partial charge < -0.3 is 5.32 Å². The molecule has 0 saturated heterocycles. The van der Waals surface area contributed by atoms with E-state index < -0.39 is 0 Å². The minimum Gasteiger partial charge on any atom is -0.307 e. The Hall–Kier alpha value is -2.53. The Labute approximate surface area is 122 Å². The summed E-state index contributed by atoms with van der Waals surface area (Å²) in [6.45, 7) is 3.21. The van der Waals surface area contributed by atoms with Crippen molar-refractivity contribution in [1.82, 2.24) is 19.7 Å². The van der Waals surface area contributed by atoms with E-state index >= 15 is 0 Å². The maximum Gasteiger partial charge on any atom is 0.258 e. The van der Waals surface area contributed by atoms with Gasteiger partial charge >= 0.3 is 0 Å². The average molecular weight is 280 g/mol. The molecule has 21 heavy (non-hydrogen) atoms. The molecule has 1 N–H and O–H groups in total. The Morgan fingerprint density at radius 3 is 2.90 bits per heavy atom. The lowest BCUT2D eigenvalue weighted by Crippen LogP contribution is -2.19. The second kappa shape index (κ2) is 5.85. The highest BCUT2D eigenvalue weighted by Gasteiger charge is 2.01. The van der Waals surface area contributed by atoms with Gasteiger partial charge in [-0.2, -0.15) is 0 Å². The number of hydrogen-bond donors (Lipinski definition) is 1. The van der Waals surface area contributed by atoms with Crippen LogP contribution in [-0.2, 0) is 13.1 Å². The Morgan fingerprint density at radius 2 is 2.10 bits per heavy atom. The first kappa shape index (κ1) is 13.5. The second-order valence-electron chi connectivity index (χ2n) is 4.93. The number of hydrogen-bond acceptors (Lipinski definition) is 4. The molecule has 106 valence electrons. The number of pyridine rings is 2. The van der Waals surface area contributed by atoms with E-state index in [0.717, 1.165) is 17.0 Å². The smallest absolute Gasteiger partial charge is 0.258 e. The van der Waals surface area contributed by atoms with Crippen LogP contribution in [0.4, 0.5) is 0 Å². The number of aryl methyl sites for hydroxylation is 1. The largest absolute Gasteiger partial charge is 0.307 e. The third-order valence-electron chi connectivity index (χ3n) is 3.23. The van der Waals surface area contributed by atoms with Crippen LogP contribution >= 0.6 is 0 Å². The van der Waals surface area contributed by atoms with Crippen molar-refractivity contribution in [2.24, 2.45) is 0 Å². The first-order valence-electron chi connectivity index (χ1n) is 6.82. The molecule has 0 radical (unpaired) electrons. The molecule has 0 fully saturated rings. The first-order valence-corrected chi connectivity index (χ1v) is 6.82. The molecule has 0 saturated carbocycles. The third kappa shape index (κ3) is 3.14. The molecule has 0 aliphatic carbocycles. The zero-order valence-corrected chi connectivity index (χ0v) is 11.8. The highest BCUT2D eigenvalue weighted by Crippen LogP contribution is 2.01. The summed E-state index contributed by atoms with van der Waals surface area (Å²) in [5.41, 5.74) is 3.46. The second-order valence-corrected chi connectivity index (χ2v) is 4.93. The van der Waals surface area contributed by atoms with Gasteiger partial charge in [-0.15, -0.1) is 0 Å². The fourth-order valence-electron chi connectivity index (χ4n) is 2.13. The van der Waals surface area contributed by atoms with Crippen molar-refractivity contribution in [2.45, 2.75) is 20.0 Å². The van der Waals surface area contributed by atoms with Gasteiger partial charge in [0, 0.05) is 37.2 Å². The van der Waals surface area contributed by atoms with Gasteiger partial charge in [0.05, 0.1) is 5.69 Å². The summed E-state index contributed by atoms with van der Waals surface area (Å²) in [5, 5.41) is 3.28. The van der Waals surface area contributed by atoms with Crippen molar-refractivity contribution in [3.05, 3.63) is 76.1 Å².